The molecule has 1 rings (SSSR count). The maximum Gasteiger partial charge on any atom is 0.434 e. The van der Waals surface area contributed by atoms with E-state index >= 15 is 0 Å². The van der Waals surface area contributed by atoms with Crippen molar-refractivity contribution >= 4 is 16.8 Å². The lowest BCUT2D eigenvalue weighted by molar-refractivity contribution is -0.141. The van der Waals surface area contributed by atoms with Crippen LogP contribution >= 0.6 is 11.6 Å². The molecule has 1 heterocycles. The zero-order valence-electron chi connectivity index (χ0n) is 8.56. The van der Waals surface area contributed by atoms with Gasteiger partial charge in [-0.3, -0.25) is 4.79 Å². The molecule has 0 bridgehead atoms. The van der Waals surface area contributed by atoms with Gasteiger partial charge in [0.2, 0.25) is 0 Å². The van der Waals surface area contributed by atoms with E-state index in [1.54, 1.807) is 0 Å². The lowest BCUT2D eigenvalue weighted by Gasteiger charge is -2.14. The number of hydrogen-bond donors (Lipinski definition) is 1. The van der Waals surface area contributed by atoms with Crippen LogP contribution in [0.25, 0.3) is 0 Å². The third-order valence-electron chi connectivity index (χ3n) is 2.01. The predicted molar refractivity (Wildman–Crippen MR) is 52.3 cm³/mol. The molecule has 18 heavy (non-hydrogen) atoms. The van der Waals surface area contributed by atoms with Gasteiger partial charge in [0.05, 0.1) is 11.3 Å². The van der Waals surface area contributed by atoms with Crippen LogP contribution in [-0.4, -0.2) is 10.2 Å². The Kier molecular flexibility index (Phi) is 4.23. The van der Waals surface area contributed by atoms with E-state index in [0.29, 0.717) is 6.07 Å². The normalized spacial score (nSPS) is 12.0. The minimum atomic E-state index is -5.07. The summed E-state index contributed by atoms with van der Waals surface area (Å²) in [5, 5.41) is -1.64. The average Bonchev–Trinajstić information content (AvgIpc) is 2.25. The van der Waals surface area contributed by atoms with Gasteiger partial charge in [-0.05, 0) is 17.7 Å². The molecule has 9 heteroatoms. The molecule has 0 aliphatic heterocycles. The van der Waals surface area contributed by atoms with E-state index in [9.17, 15) is 26.7 Å². The van der Waals surface area contributed by atoms with Gasteiger partial charge in [0.25, 0.3) is 11.7 Å². The molecule has 0 radical (unpaired) electrons. The first-order valence-corrected chi connectivity index (χ1v) is 4.85. The van der Waals surface area contributed by atoms with Gasteiger partial charge in [0, 0.05) is 12.1 Å². The number of rotatable bonds is 3. The highest BCUT2D eigenvalue weighted by Crippen LogP contribution is 2.36. The molecule has 0 saturated heterocycles. The lowest BCUT2D eigenvalue weighted by Crippen LogP contribution is -2.18. The van der Waals surface area contributed by atoms with Crippen molar-refractivity contribution in [2.45, 2.75) is 19.1 Å². The molecule has 0 aliphatic rings. The third-order valence-corrected chi connectivity index (χ3v) is 2.20. The predicted octanol–water partition coefficient (Wildman–Crippen LogP) is 2.88. The van der Waals surface area contributed by atoms with Gasteiger partial charge in [-0.25, -0.2) is 13.8 Å². The molecule has 3 nitrogen and oxygen atoms in total. The molecule has 1 aromatic rings. The van der Waals surface area contributed by atoms with Crippen molar-refractivity contribution in [2.24, 2.45) is 5.73 Å². The Morgan fingerprint density at radius 1 is 1.44 bits per heavy atom. The summed E-state index contributed by atoms with van der Waals surface area (Å²) < 4.78 is 63.1. The number of carbonyl (C=O) groups excluding carboxylic acids is 1. The Balaban J connectivity index is 3.66. The van der Waals surface area contributed by atoms with Gasteiger partial charge in [0.15, 0.2) is 5.69 Å². The summed E-state index contributed by atoms with van der Waals surface area (Å²) in [4.78, 5) is 13.9. The molecule has 0 saturated carbocycles. The molecule has 0 amide bonds. The Labute approximate surface area is 103 Å². The number of alkyl halides is 5. The van der Waals surface area contributed by atoms with E-state index in [0.717, 1.165) is 0 Å². The first-order chi connectivity index (χ1) is 8.18. The average molecular weight is 289 g/mol. The van der Waals surface area contributed by atoms with Crippen LogP contribution in [0.1, 0.15) is 33.7 Å². The number of carbonyl (C=O) groups is 1. The van der Waals surface area contributed by atoms with Crippen molar-refractivity contribution < 1.29 is 26.7 Å². The first-order valence-electron chi connectivity index (χ1n) is 4.47. The summed E-state index contributed by atoms with van der Waals surface area (Å²) in [6.45, 7) is -0.473. The zero-order valence-corrected chi connectivity index (χ0v) is 9.32. The molecule has 0 aromatic carbocycles. The summed E-state index contributed by atoms with van der Waals surface area (Å²) in [5.74, 6) is 0. The van der Waals surface area contributed by atoms with E-state index in [2.05, 4.69) is 4.98 Å². The summed E-state index contributed by atoms with van der Waals surface area (Å²) in [5.41, 5.74) is 0.448. The molecule has 1 aromatic heterocycles. The molecule has 0 fully saturated rings. The van der Waals surface area contributed by atoms with Gasteiger partial charge in [-0.15, -0.1) is 0 Å². The van der Waals surface area contributed by atoms with Gasteiger partial charge in [-0.1, -0.05) is 0 Å². The van der Waals surface area contributed by atoms with Crippen LogP contribution in [0, 0.1) is 0 Å². The topological polar surface area (TPSA) is 56.0 Å². The van der Waals surface area contributed by atoms with E-state index in [1.807, 2.05) is 0 Å². The molecule has 0 spiro atoms. The van der Waals surface area contributed by atoms with E-state index in [1.165, 1.54) is 0 Å². The second-order valence-corrected chi connectivity index (χ2v) is 3.55. The Morgan fingerprint density at radius 3 is 2.33 bits per heavy atom. The summed E-state index contributed by atoms with van der Waals surface area (Å²) >= 11 is 4.92. The maximum absolute atomic E-state index is 12.6. The van der Waals surface area contributed by atoms with Crippen molar-refractivity contribution in [3.8, 4) is 0 Å². The quantitative estimate of drug-likeness (QED) is 0.687. The smallest absolute Gasteiger partial charge is 0.325 e. The molecule has 100 valence electrons. The third kappa shape index (κ3) is 2.94. The molecular weight excluding hydrogens is 283 g/mol. The number of aromatic nitrogens is 1. The summed E-state index contributed by atoms with van der Waals surface area (Å²) in [6, 6.07) is 0.634. The van der Waals surface area contributed by atoms with Crippen molar-refractivity contribution in [3.05, 3.63) is 28.6 Å². The van der Waals surface area contributed by atoms with Gasteiger partial charge in [-0.2, -0.15) is 13.2 Å². The van der Waals surface area contributed by atoms with Crippen molar-refractivity contribution in [3.63, 3.8) is 0 Å². The Hall–Kier alpha value is -1.28. The van der Waals surface area contributed by atoms with Crippen LogP contribution in [0.4, 0.5) is 22.0 Å². The lowest BCUT2D eigenvalue weighted by atomic mass is 10.1. The van der Waals surface area contributed by atoms with Crippen LogP contribution < -0.4 is 5.73 Å². The fourth-order valence-electron chi connectivity index (χ4n) is 1.31. The fourth-order valence-corrected chi connectivity index (χ4v) is 1.51. The fraction of sp³-hybridized carbons (Fsp3) is 0.333. The van der Waals surface area contributed by atoms with Gasteiger partial charge in [0.1, 0.15) is 0 Å². The van der Waals surface area contributed by atoms with E-state index < -0.39 is 46.9 Å². The summed E-state index contributed by atoms with van der Waals surface area (Å²) in [6.07, 6.45) is -8.37. The molecule has 2 N–H and O–H groups in total. The van der Waals surface area contributed by atoms with Crippen LogP contribution in [0.15, 0.2) is 6.07 Å². The van der Waals surface area contributed by atoms with Crippen LogP contribution in [0.5, 0.6) is 0 Å². The Bertz CT molecular complexity index is 475. The van der Waals surface area contributed by atoms with Crippen molar-refractivity contribution in [2.75, 3.05) is 0 Å². The number of nitrogens with two attached hydrogens (primary N) is 1. The van der Waals surface area contributed by atoms with Crippen molar-refractivity contribution in [1.82, 2.24) is 4.98 Å². The number of hydrogen-bond acceptors (Lipinski definition) is 3. The van der Waals surface area contributed by atoms with E-state index in [-0.39, 0.29) is 0 Å². The highest BCUT2D eigenvalue weighted by atomic mass is 35.5. The maximum atomic E-state index is 12.6. The standard InChI is InChI=1S/C9H6ClF5N2O/c10-7(18)5-4(8(11)12)1-3(2-16)17-6(5)9(13,14)15/h1,8H,2,16H2. The first kappa shape index (κ1) is 14.8. The molecular formula is C9H6ClF5N2O. The SMILES string of the molecule is NCc1cc(C(F)F)c(C(=O)Cl)c(C(F)(F)F)n1. The number of nitrogens with zero attached hydrogens (tertiary/aromatic N) is 1. The molecule has 0 atom stereocenters. The number of pyridine rings is 1. The van der Waals surface area contributed by atoms with E-state index in [4.69, 9.17) is 17.3 Å². The molecule has 0 unspecified atom stereocenters. The minimum Gasteiger partial charge on any atom is -0.325 e. The minimum absolute atomic E-state index is 0.403. The van der Waals surface area contributed by atoms with Crippen LogP contribution in [-0.2, 0) is 12.7 Å². The van der Waals surface area contributed by atoms with Gasteiger partial charge < -0.3 is 5.73 Å². The highest BCUT2D eigenvalue weighted by Gasteiger charge is 2.39. The van der Waals surface area contributed by atoms with Crippen molar-refractivity contribution in [1.29, 1.82) is 0 Å². The second-order valence-electron chi connectivity index (χ2n) is 3.20. The van der Waals surface area contributed by atoms with Crippen LogP contribution in [0.3, 0.4) is 0 Å². The largest absolute Gasteiger partial charge is 0.434 e. The highest BCUT2D eigenvalue weighted by molar-refractivity contribution is 6.68. The monoisotopic (exact) mass is 288 g/mol. The van der Waals surface area contributed by atoms with Crippen LogP contribution in [0.2, 0.25) is 0 Å². The molecule has 0 aliphatic carbocycles. The number of halogens is 6. The summed E-state index contributed by atoms with van der Waals surface area (Å²) in [7, 11) is 0. The van der Waals surface area contributed by atoms with Gasteiger partial charge >= 0.3 is 6.18 Å². The Morgan fingerprint density at radius 2 is 2.00 bits per heavy atom. The zero-order chi connectivity index (χ0) is 14.1. The second kappa shape index (κ2) is 5.15.